The molecule has 1 spiro atoms. The van der Waals surface area contributed by atoms with Gasteiger partial charge in [-0.25, -0.2) is 4.98 Å². The van der Waals surface area contributed by atoms with Crippen LogP contribution < -0.4 is 16.2 Å². The zero-order chi connectivity index (χ0) is 18.4. The molecule has 5 rings (SSSR count). The highest BCUT2D eigenvalue weighted by Crippen LogP contribution is 2.38. The van der Waals surface area contributed by atoms with Crippen molar-refractivity contribution in [3.8, 4) is 0 Å². The Labute approximate surface area is 159 Å². The number of aromatic nitrogens is 2. The number of nitrogens with one attached hydrogen (secondary N) is 3. The molecule has 2 saturated heterocycles. The van der Waals surface area contributed by atoms with Crippen molar-refractivity contribution < 1.29 is 4.79 Å². The fourth-order valence-electron chi connectivity index (χ4n) is 5.02. The number of H-pyrrole nitrogens is 1. The van der Waals surface area contributed by atoms with Gasteiger partial charge in [0.25, 0.3) is 5.56 Å². The molecule has 1 amide bonds. The summed E-state index contributed by atoms with van der Waals surface area (Å²) >= 11 is 0. The summed E-state index contributed by atoms with van der Waals surface area (Å²) in [5.41, 5.74) is 1.86. The number of rotatable bonds is 3. The molecule has 1 aliphatic carbocycles. The lowest BCUT2D eigenvalue weighted by Crippen LogP contribution is -2.47. The van der Waals surface area contributed by atoms with Crippen molar-refractivity contribution in [2.24, 2.45) is 11.3 Å². The minimum atomic E-state index is -0.0856. The monoisotopic (exact) mass is 371 g/mol. The van der Waals surface area contributed by atoms with Crippen LogP contribution in [0.25, 0.3) is 0 Å². The predicted octanol–water partition coefficient (Wildman–Crippen LogP) is 0.339. The molecule has 4 aliphatic rings. The van der Waals surface area contributed by atoms with Crippen LogP contribution in [-0.4, -0.2) is 53.0 Å². The van der Waals surface area contributed by atoms with Gasteiger partial charge in [-0.3, -0.25) is 9.59 Å². The van der Waals surface area contributed by atoms with Gasteiger partial charge < -0.3 is 20.5 Å². The van der Waals surface area contributed by atoms with E-state index in [-0.39, 0.29) is 22.9 Å². The lowest BCUT2D eigenvalue weighted by atomic mass is 9.77. The molecule has 1 aromatic heterocycles. The Bertz CT molecular complexity index is 794. The van der Waals surface area contributed by atoms with Crippen LogP contribution >= 0.6 is 0 Å². The zero-order valence-corrected chi connectivity index (χ0v) is 15.9. The minimum Gasteiger partial charge on any atom is -0.335 e. The maximum Gasteiger partial charge on any atom is 0.254 e. The summed E-state index contributed by atoms with van der Waals surface area (Å²) in [5.74, 6) is 1.65. The van der Waals surface area contributed by atoms with E-state index >= 15 is 0 Å². The molecular weight excluding hydrogens is 342 g/mol. The molecule has 0 radical (unpaired) electrons. The van der Waals surface area contributed by atoms with E-state index in [4.69, 9.17) is 4.98 Å². The number of aromatic amines is 1. The van der Waals surface area contributed by atoms with Gasteiger partial charge in [-0.2, -0.15) is 0 Å². The lowest BCUT2D eigenvalue weighted by molar-refractivity contribution is -0.134. The first kappa shape index (κ1) is 17.4. The smallest absolute Gasteiger partial charge is 0.254 e. The van der Waals surface area contributed by atoms with Crippen LogP contribution in [0, 0.1) is 11.3 Å². The van der Waals surface area contributed by atoms with E-state index in [0.717, 1.165) is 62.4 Å². The average Bonchev–Trinajstić information content (AvgIpc) is 3.40. The Morgan fingerprint density at radius 2 is 2.07 bits per heavy atom. The van der Waals surface area contributed by atoms with Crippen LogP contribution in [0.3, 0.4) is 0 Å². The largest absolute Gasteiger partial charge is 0.335 e. The predicted molar refractivity (Wildman–Crippen MR) is 101 cm³/mol. The molecule has 3 N–H and O–H groups in total. The molecule has 0 aromatic carbocycles. The molecule has 27 heavy (non-hydrogen) atoms. The maximum absolute atomic E-state index is 13.1. The Balaban J connectivity index is 1.29. The molecule has 146 valence electrons. The van der Waals surface area contributed by atoms with Gasteiger partial charge in [-0.1, -0.05) is 0 Å². The number of nitrogens with zero attached hydrogens (tertiary/aromatic N) is 2. The number of piperidine rings is 1. The molecule has 0 bridgehead atoms. The molecule has 0 unspecified atom stereocenters. The fraction of sp³-hybridized carbons (Fsp3) is 0.750. The molecule has 7 heteroatoms. The summed E-state index contributed by atoms with van der Waals surface area (Å²) in [5, 5.41) is 6.91. The van der Waals surface area contributed by atoms with Crippen LogP contribution in [0.1, 0.15) is 49.2 Å². The van der Waals surface area contributed by atoms with Gasteiger partial charge in [0.2, 0.25) is 5.91 Å². The SMILES string of the molecule is O=C([C@@H]1CC2(CCNCC2)CN1)N1CCc2c(nc(CC3CC3)[nH]c2=O)C1. The van der Waals surface area contributed by atoms with Gasteiger partial charge in [0.05, 0.1) is 18.3 Å². The number of hydrogen-bond donors (Lipinski definition) is 3. The number of carbonyl (C=O) groups is 1. The van der Waals surface area contributed by atoms with E-state index in [9.17, 15) is 9.59 Å². The molecule has 1 aromatic rings. The van der Waals surface area contributed by atoms with Crippen LogP contribution in [-0.2, 0) is 24.2 Å². The molecule has 1 atom stereocenters. The second kappa shape index (κ2) is 6.71. The van der Waals surface area contributed by atoms with Gasteiger partial charge in [0.15, 0.2) is 0 Å². The first-order valence-corrected chi connectivity index (χ1v) is 10.5. The van der Waals surface area contributed by atoms with Gasteiger partial charge >= 0.3 is 0 Å². The van der Waals surface area contributed by atoms with Crippen molar-refractivity contribution in [2.75, 3.05) is 26.2 Å². The van der Waals surface area contributed by atoms with Gasteiger partial charge in [0, 0.05) is 25.1 Å². The second-order valence-corrected chi connectivity index (χ2v) is 8.98. The normalized spacial score (nSPS) is 27.0. The van der Waals surface area contributed by atoms with Crippen LogP contribution in [0.2, 0.25) is 0 Å². The number of fused-ring (bicyclic) bond motifs is 1. The number of carbonyl (C=O) groups excluding carboxylic acids is 1. The highest BCUT2D eigenvalue weighted by Gasteiger charge is 2.43. The Hall–Kier alpha value is -1.73. The minimum absolute atomic E-state index is 0.00426. The van der Waals surface area contributed by atoms with Crippen molar-refractivity contribution in [3.63, 3.8) is 0 Å². The molecule has 3 fully saturated rings. The van der Waals surface area contributed by atoms with Crippen LogP contribution in [0.5, 0.6) is 0 Å². The average molecular weight is 371 g/mol. The highest BCUT2D eigenvalue weighted by molar-refractivity contribution is 5.82. The summed E-state index contributed by atoms with van der Waals surface area (Å²) in [6.45, 7) is 4.14. The van der Waals surface area contributed by atoms with E-state index < -0.39 is 0 Å². The lowest BCUT2D eigenvalue weighted by Gasteiger charge is -2.34. The van der Waals surface area contributed by atoms with Crippen molar-refractivity contribution in [1.82, 2.24) is 25.5 Å². The molecule has 4 heterocycles. The highest BCUT2D eigenvalue weighted by atomic mass is 16.2. The Morgan fingerprint density at radius 1 is 1.26 bits per heavy atom. The molecule has 3 aliphatic heterocycles. The summed E-state index contributed by atoms with van der Waals surface area (Å²) in [4.78, 5) is 35.1. The van der Waals surface area contributed by atoms with E-state index in [1.165, 1.54) is 12.8 Å². The van der Waals surface area contributed by atoms with E-state index in [1.807, 2.05) is 4.90 Å². The third-order valence-electron chi connectivity index (χ3n) is 6.94. The van der Waals surface area contributed by atoms with Crippen molar-refractivity contribution in [2.45, 2.75) is 57.5 Å². The Morgan fingerprint density at radius 3 is 2.85 bits per heavy atom. The van der Waals surface area contributed by atoms with Crippen molar-refractivity contribution in [1.29, 1.82) is 0 Å². The van der Waals surface area contributed by atoms with Crippen molar-refractivity contribution >= 4 is 5.91 Å². The summed E-state index contributed by atoms with van der Waals surface area (Å²) < 4.78 is 0. The fourth-order valence-corrected chi connectivity index (χ4v) is 5.02. The second-order valence-electron chi connectivity index (χ2n) is 8.98. The number of amides is 1. The summed E-state index contributed by atoms with van der Waals surface area (Å²) in [7, 11) is 0. The van der Waals surface area contributed by atoms with Crippen LogP contribution in [0.15, 0.2) is 4.79 Å². The Kier molecular flexibility index (Phi) is 4.31. The van der Waals surface area contributed by atoms with Gasteiger partial charge in [0.1, 0.15) is 5.82 Å². The molecule has 1 saturated carbocycles. The van der Waals surface area contributed by atoms with E-state index in [0.29, 0.717) is 25.4 Å². The molecule has 7 nitrogen and oxygen atoms in total. The van der Waals surface area contributed by atoms with Gasteiger partial charge in [-0.15, -0.1) is 0 Å². The first-order valence-electron chi connectivity index (χ1n) is 10.5. The third-order valence-corrected chi connectivity index (χ3v) is 6.94. The topological polar surface area (TPSA) is 90.1 Å². The quantitative estimate of drug-likeness (QED) is 0.713. The van der Waals surface area contributed by atoms with Gasteiger partial charge in [-0.05, 0) is 62.9 Å². The van der Waals surface area contributed by atoms with E-state index in [1.54, 1.807) is 0 Å². The van der Waals surface area contributed by atoms with E-state index in [2.05, 4.69) is 15.6 Å². The molecular formula is C20H29N5O2. The number of hydrogen-bond acceptors (Lipinski definition) is 5. The maximum atomic E-state index is 13.1. The van der Waals surface area contributed by atoms with Crippen molar-refractivity contribution in [3.05, 3.63) is 27.4 Å². The first-order chi connectivity index (χ1) is 13.1. The standard InChI is InChI=1S/C20H29N5O2/c26-18-14-3-8-25(11-16(14)23-17(24-18)9-13-1-2-13)19(27)15-10-20(12-22-15)4-6-21-7-5-20/h13,15,21-22H,1-12H2,(H,23,24,26)/t15-/m0/s1. The summed E-state index contributed by atoms with van der Waals surface area (Å²) in [6, 6.07) is -0.0856. The third kappa shape index (κ3) is 3.43. The van der Waals surface area contributed by atoms with Crippen LogP contribution in [0.4, 0.5) is 0 Å². The zero-order valence-electron chi connectivity index (χ0n) is 15.9. The summed E-state index contributed by atoms with van der Waals surface area (Å²) in [6.07, 6.45) is 7.16.